The van der Waals surface area contributed by atoms with Gasteiger partial charge >= 0.3 is 13.3 Å². The van der Waals surface area contributed by atoms with Crippen molar-refractivity contribution in [2.24, 2.45) is 5.41 Å². The van der Waals surface area contributed by atoms with Gasteiger partial charge in [-0.3, -0.25) is 4.52 Å². The van der Waals surface area contributed by atoms with Crippen molar-refractivity contribution in [2.45, 2.75) is 168 Å². The number of ether oxygens (including phenoxy) is 2. The SMILES string of the molecule is CCCCCCCCCCCCCSC(CCCCCCC)CCOC(C)COP(=O)(O)C(=O)OCC(C)(C)C. The molecule has 0 spiro atoms. The Bertz CT molecular complexity index is 639. The van der Waals surface area contributed by atoms with Crippen molar-refractivity contribution in [3.63, 3.8) is 0 Å². The minimum Gasteiger partial charge on any atom is -0.456 e. The number of rotatable bonds is 28. The van der Waals surface area contributed by atoms with E-state index >= 15 is 0 Å². The summed E-state index contributed by atoms with van der Waals surface area (Å²) in [5.41, 5.74) is -1.49. The second-order valence-electron chi connectivity index (χ2n) is 12.6. The van der Waals surface area contributed by atoms with Crippen molar-refractivity contribution in [3.8, 4) is 0 Å². The van der Waals surface area contributed by atoms with Crippen LogP contribution in [0, 0.1) is 5.41 Å². The van der Waals surface area contributed by atoms with Crippen molar-refractivity contribution in [2.75, 3.05) is 25.6 Å². The van der Waals surface area contributed by atoms with E-state index in [1.807, 2.05) is 20.8 Å². The molecule has 40 heavy (non-hydrogen) atoms. The summed E-state index contributed by atoms with van der Waals surface area (Å²) in [5, 5.41) is 0.578. The molecule has 0 aliphatic carbocycles. The molecule has 0 heterocycles. The molecule has 3 unspecified atom stereocenters. The molecule has 0 bridgehead atoms. The Kier molecular flexibility index (Phi) is 25.4. The van der Waals surface area contributed by atoms with Crippen LogP contribution >= 0.6 is 19.4 Å². The van der Waals surface area contributed by atoms with E-state index in [0.29, 0.717) is 11.9 Å². The van der Waals surface area contributed by atoms with Crippen LogP contribution in [0.15, 0.2) is 0 Å². The van der Waals surface area contributed by atoms with Gasteiger partial charge in [0, 0.05) is 11.9 Å². The Morgan fingerprint density at radius 2 is 1.30 bits per heavy atom. The van der Waals surface area contributed by atoms with Crippen molar-refractivity contribution >= 4 is 25.1 Å². The zero-order chi connectivity index (χ0) is 30.1. The number of hydrogen-bond donors (Lipinski definition) is 1. The Morgan fingerprint density at radius 1 is 0.800 bits per heavy atom. The second-order valence-corrected chi connectivity index (χ2v) is 15.7. The van der Waals surface area contributed by atoms with E-state index < -0.39 is 13.3 Å². The molecule has 0 aromatic rings. The fourth-order valence-corrected chi connectivity index (χ4v) is 6.42. The highest BCUT2D eigenvalue weighted by Crippen LogP contribution is 2.44. The maximum absolute atomic E-state index is 12.2. The van der Waals surface area contributed by atoms with E-state index in [-0.39, 0.29) is 24.7 Å². The molecule has 1 N–H and O–H groups in total. The first-order valence-electron chi connectivity index (χ1n) is 16.4. The standard InChI is InChI=1S/C32H65O6PS/c1-7-9-11-13-14-15-16-17-18-20-22-26-40-30(23-21-19-12-10-8-2)24-25-36-29(3)27-38-39(34,35)31(33)37-28-32(4,5)6/h29-30H,7-28H2,1-6H3,(H,34,35). The maximum atomic E-state index is 12.2. The number of hydrogen-bond acceptors (Lipinski definition) is 6. The van der Waals surface area contributed by atoms with Crippen LogP contribution in [0.2, 0.25) is 0 Å². The van der Waals surface area contributed by atoms with Gasteiger partial charge in [0.15, 0.2) is 0 Å². The maximum Gasteiger partial charge on any atom is 0.435 e. The number of unbranched alkanes of at least 4 members (excludes halogenated alkanes) is 14. The Labute approximate surface area is 252 Å². The highest BCUT2D eigenvalue weighted by Gasteiger charge is 2.34. The van der Waals surface area contributed by atoms with E-state index in [1.54, 1.807) is 6.92 Å². The molecule has 0 aliphatic heterocycles. The summed E-state index contributed by atoms with van der Waals surface area (Å²) in [6, 6.07) is 0. The predicted molar refractivity (Wildman–Crippen MR) is 173 cm³/mol. The molecule has 3 atom stereocenters. The van der Waals surface area contributed by atoms with Crippen LogP contribution in [0.1, 0.15) is 157 Å². The van der Waals surface area contributed by atoms with Crippen LogP contribution in [-0.4, -0.2) is 47.5 Å². The third kappa shape index (κ3) is 25.6. The Balaban J connectivity index is 4.23. The van der Waals surface area contributed by atoms with Gasteiger partial charge in [-0.15, -0.1) is 0 Å². The molecule has 0 fully saturated rings. The molecule has 0 aromatic carbocycles. The van der Waals surface area contributed by atoms with E-state index in [1.165, 1.54) is 115 Å². The third-order valence-electron chi connectivity index (χ3n) is 6.92. The molecular formula is C32H65O6PS. The molecule has 0 saturated heterocycles. The normalized spacial score (nSPS) is 15.1. The highest BCUT2D eigenvalue weighted by molar-refractivity contribution is 7.99. The van der Waals surface area contributed by atoms with Gasteiger partial charge in [-0.25, -0.2) is 9.36 Å². The van der Waals surface area contributed by atoms with Crippen molar-refractivity contribution in [1.82, 2.24) is 0 Å². The summed E-state index contributed by atoms with van der Waals surface area (Å²) in [5.74, 6) is 1.21. The molecule has 8 heteroatoms. The zero-order valence-corrected chi connectivity index (χ0v) is 28.8. The average Bonchev–Trinajstić information content (AvgIpc) is 2.90. The molecule has 0 radical (unpaired) electrons. The summed E-state index contributed by atoms with van der Waals surface area (Å²) >= 11 is 2.09. The third-order valence-corrected chi connectivity index (χ3v) is 9.47. The van der Waals surface area contributed by atoms with Gasteiger partial charge in [0.1, 0.15) is 0 Å². The average molecular weight is 609 g/mol. The number of carbonyl (C=O) groups excluding carboxylic acids is 1. The zero-order valence-electron chi connectivity index (χ0n) is 27.1. The van der Waals surface area contributed by atoms with Crippen molar-refractivity contribution < 1.29 is 28.3 Å². The predicted octanol–water partition coefficient (Wildman–Crippen LogP) is 10.9. The van der Waals surface area contributed by atoms with Crippen LogP contribution in [0.4, 0.5) is 4.79 Å². The van der Waals surface area contributed by atoms with E-state index in [9.17, 15) is 14.3 Å². The van der Waals surface area contributed by atoms with Gasteiger partial charge in [0.2, 0.25) is 0 Å². The molecule has 0 aliphatic rings. The Morgan fingerprint density at radius 3 is 1.82 bits per heavy atom. The summed E-state index contributed by atoms with van der Waals surface area (Å²) in [7, 11) is -4.48. The summed E-state index contributed by atoms with van der Waals surface area (Å²) in [4.78, 5) is 21.9. The van der Waals surface area contributed by atoms with Gasteiger partial charge in [-0.2, -0.15) is 11.8 Å². The van der Waals surface area contributed by atoms with Crippen molar-refractivity contribution in [1.29, 1.82) is 0 Å². The summed E-state index contributed by atoms with van der Waals surface area (Å²) < 4.78 is 28.1. The molecule has 0 amide bonds. The van der Waals surface area contributed by atoms with E-state index in [2.05, 4.69) is 25.6 Å². The fourth-order valence-electron chi connectivity index (χ4n) is 4.37. The highest BCUT2D eigenvalue weighted by atomic mass is 32.2. The first kappa shape index (κ1) is 39.9. The first-order valence-corrected chi connectivity index (χ1v) is 19.0. The lowest BCUT2D eigenvalue weighted by Crippen LogP contribution is -2.21. The molecule has 0 rings (SSSR count). The summed E-state index contributed by atoms with van der Waals surface area (Å²) in [6.45, 7) is 12.5. The van der Waals surface area contributed by atoms with Crippen LogP contribution in [-0.2, 0) is 18.6 Å². The minimum absolute atomic E-state index is 0.0580. The topological polar surface area (TPSA) is 82.1 Å². The van der Waals surface area contributed by atoms with E-state index in [0.717, 1.165) is 6.42 Å². The molecule has 6 nitrogen and oxygen atoms in total. The smallest absolute Gasteiger partial charge is 0.435 e. The van der Waals surface area contributed by atoms with Crippen molar-refractivity contribution in [3.05, 3.63) is 0 Å². The fraction of sp³-hybridized carbons (Fsp3) is 0.969. The minimum atomic E-state index is -4.48. The lowest BCUT2D eigenvalue weighted by molar-refractivity contribution is 0.0270. The second kappa shape index (κ2) is 25.4. The molecule has 0 aromatic heterocycles. The first-order chi connectivity index (χ1) is 19.0. The van der Waals surface area contributed by atoms with Crippen LogP contribution in [0.25, 0.3) is 0 Å². The van der Waals surface area contributed by atoms with Gasteiger partial charge in [0.25, 0.3) is 0 Å². The Hall–Kier alpha value is -0.0700. The number of thioether (sulfide) groups is 1. The van der Waals surface area contributed by atoms with E-state index in [4.69, 9.17) is 14.0 Å². The van der Waals surface area contributed by atoms with Gasteiger partial charge in [-0.1, -0.05) is 131 Å². The molecule has 0 saturated carbocycles. The molecular weight excluding hydrogens is 543 g/mol. The summed E-state index contributed by atoms with van der Waals surface area (Å²) in [6.07, 6.45) is 23.3. The van der Waals surface area contributed by atoms with Gasteiger partial charge < -0.3 is 14.4 Å². The van der Waals surface area contributed by atoms with Gasteiger partial charge in [-0.05, 0) is 37.4 Å². The van der Waals surface area contributed by atoms with Gasteiger partial charge in [0.05, 0.1) is 19.3 Å². The lowest BCUT2D eigenvalue weighted by Gasteiger charge is -2.21. The largest absolute Gasteiger partial charge is 0.456 e. The lowest BCUT2D eigenvalue weighted by atomic mass is 9.99. The number of carbonyl (C=O) groups is 1. The molecule has 240 valence electrons. The monoisotopic (exact) mass is 608 g/mol. The quantitative estimate of drug-likeness (QED) is 0.0699. The van der Waals surface area contributed by atoms with Crippen LogP contribution in [0.3, 0.4) is 0 Å². The van der Waals surface area contributed by atoms with Crippen LogP contribution in [0.5, 0.6) is 0 Å². The van der Waals surface area contributed by atoms with Crippen LogP contribution < -0.4 is 0 Å².